The molecular weight excluding hydrogens is 420 g/mol. The molecular formula is C20H26N6O6. The predicted octanol–water partition coefficient (Wildman–Crippen LogP) is -1.28. The number of aliphatic hydroxyl groups is 3. The van der Waals surface area contributed by atoms with Crippen molar-refractivity contribution in [3.05, 3.63) is 47.9 Å². The molecule has 0 spiro atoms. The zero-order valence-electron chi connectivity index (χ0n) is 17.4. The predicted molar refractivity (Wildman–Crippen MR) is 111 cm³/mol. The smallest absolute Gasteiger partial charge is 0.325 e. The number of nitrogens with zero attached hydrogens (tertiary/aromatic N) is 4. The molecule has 0 amide bonds. The van der Waals surface area contributed by atoms with Gasteiger partial charge < -0.3 is 30.5 Å². The highest BCUT2D eigenvalue weighted by Crippen LogP contribution is 2.36. The molecule has 1 fully saturated rings. The first-order valence-corrected chi connectivity index (χ1v) is 10.1. The molecule has 12 nitrogen and oxygen atoms in total. The van der Waals surface area contributed by atoms with E-state index >= 15 is 0 Å². The van der Waals surface area contributed by atoms with Gasteiger partial charge in [0.15, 0.2) is 12.0 Å². The summed E-state index contributed by atoms with van der Waals surface area (Å²) in [7, 11) is 1.31. The lowest BCUT2D eigenvalue weighted by atomic mass is 10.1. The quantitative estimate of drug-likeness (QED) is 0.323. The third-order valence-corrected chi connectivity index (χ3v) is 5.54. The zero-order valence-corrected chi connectivity index (χ0v) is 17.4. The standard InChI is InChI=1S/C20H26N6O6/c1-31-20(30)12(7-11-5-3-2-4-6-11)24-26-10-23-18-14(17(26)21)22-9-25(18)19-16(29)15(28)13(8-27)32-19/h2-6,9-10,12-13,15-17,19,24,27-29H,7-8,21H2,1H3/t12-,13+,15?,16?,17?,19+/m1/s1. The second kappa shape index (κ2) is 9.32. The van der Waals surface area contributed by atoms with Crippen LogP contribution in [0.4, 0.5) is 5.82 Å². The minimum Gasteiger partial charge on any atom is -0.468 e. The summed E-state index contributed by atoms with van der Waals surface area (Å²) in [5.74, 6) is -0.125. The van der Waals surface area contributed by atoms with E-state index in [2.05, 4.69) is 15.4 Å². The fourth-order valence-electron chi connectivity index (χ4n) is 3.79. The van der Waals surface area contributed by atoms with E-state index in [0.29, 0.717) is 17.9 Å². The van der Waals surface area contributed by atoms with Gasteiger partial charge in [0, 0.05) is 6.42 Å². The summed E-state index contributed by atoms with van der Waals surface area (Å²) < 4.78 is 11.9. The van der Waals surface area contributed by atoms with Crippen LogP contribution in [0.15, 0.2) is 41.7 Å². The highest BCUT2D eigenvalue weighted by molar-refractivity contribution is 5.76. The molecule has 1 aromatic carbocycles. The first-order valence-electron chi connectivity index (χ1n) is 10.1. The Balaban J connectivity index is 1.52. The van der Waals surface area contributed by atoms with E-state index in [0.717, 1.165) is 5.56 Å². The van der Waals surface area contributed by atoms with E-state index in [9.17, 15) is 20.1 Å². The molecule has 0 aliphatic carbocycles. The van der Waals surface area contributed by atoms with Gasteiger partial charge in [0.05, 0.1) is 20.0 Å². The van der Waals surface area contributed by atoms with Gasteiger partial charge in [-0.2, -0.15) is 0 Å². The van der Waals surface area contributed by atoms with Gasteiger partial charge in [0.2, 0.25) is 0 Å². The lowest BCUT2D eigenvalue weighted by molar-refractivity contribution is -0.144. The Labute approximate surface area is 183 Å². The van der Waals surface area contributed by atoms with Crippen LogP contribution in [0.25, 0.3) is 0 Å². The molecule has 0 saturated carbocycles. The maximum Gasteiger partial charge on any atom is 0.325 e. The van der Waals surface area contributed by atoms with Crippen LogP contribution in [0.2, 0.25) is 0 Å². The molecule has 6 N–H and O–H groups in total. The van der Waals surface area contributed by atoms with Crippen molar-refractivity contribution in [1.82, 2.24) is 20.0 Å². The summed E-state index contributed by atoms with van der Waals surface area (Å²) in [5, 5.41) is 31.1. The van der Waals surface area contributed by atoms with Gasteiger partial charge in [-0.15, -0.1) is 0 Å². The van der Waals surface area contributed by atoms with Crippen LogP contribution >= 0.6 is 0 Å². The van der Waals surface area contributed by atoms with Gasteiger partial charge in [0.1, 0.15) is 42.6 Å². The minimum atomic E-state index is -1.28. The first kappa shape index (κ1) is 22.3. The molecule has 2 aliphatic rings. The number of aliphatic hydroxyl groups excluding tert-OH is 3. The molecule has 4 rings (SSSR count). The monoisotopic (exact) mass is 446 g/mol. The molecule has 3 unspecified atom stereocenters. The third-order valence-electron chi connectivity index (χ3n) is 5.54. The van der Waals surface area contributed by atoms with E-state index in [-0.39, 0.29) is 0 Å². The van der Waals surface area contributed by atoms with Crippen molar-refractivity contribution in [3.63, 3.8) is 0 Å². The number of hydrogen-bond acceptors (Lipinski definition) is 11. The zero-order chi connectivity index (χ0) is 22.8. The van der Waals surface area contributed by atoms with Gasteiger partial charge in [0.25, 0.3) is 0 Å². The number of aliphatic imine (C=N–C) groups is 1. The van der Waals surface area contributed by atoms with Crippen molar-refractivity contribution in [2.24, 2.45) is 10.7 Å². The normalized spacial score (nSPS) is 27.9. The number of hydrogen-bond donors (Lipinski definition) is 5. The van der Waals surface area contributed by atoms with Crippen molar-refractivity contribution in [1.29, 1.82) is 0 Å². The molecule has 1 aromatic heterocycles. The maximum atomic E-state index is 12.3. The molecule has 172 valence electrons. The Hall–Kier alpha value is -2.87. The Morgan fingerprint density at radius 3 is 2.72 bits per heavy atom. The minimum absolute atomic E-state index is 0.336. The van der Waals surface area contributed by atoms with E-state index in [1.807, 2.05) is 30.3 Å². The Bertz CT molecular complexity index is 969. The molecule has 2 aliphatic heterocycles. The molecule has 6 atom stereocenters. The number of ether oxygens (including phenoxy) is 2. The molecule has 0 bridgehead atoms. The van der Waals surface area contributed by atoms with Crippen LogP contribution in [-0.2, 0) is 20.7 Å². The number of aromatic nitrogens is 2. The summed E-state index contributed by atoms with van der Waals surface area (Å²) in [6, 6.07) is 8.75. The fourth-order valence-corrected chi connectivity index (χ4v) is 3.79. The molecule has 0 radical (unpaired) electrons. The number of fused-ring (bicyclic) bond motifs is 1. The van der Waals surface area contributed by atoms with Crippen LogP contribution in [-0.4, -0.2) is 80.3 Å². The Morgan fingerprint density at radius 2 is 2.06 bits per heavy atom. The van der Waals surface area contributed by atoms with Crippen LogP contribution in [0, 0.1) is 0 Å². The lowest BCUT2D eigenvalue weighted by Gasteiger charge is -2.32. The summed E-state index contributed by atoms with van der Waals surface area (Å²) in [4.78, 5) is 21.0. The van der Waals surface area contributed by atoms with Crippen LogP contribution < -0.4 is 11.2 Å². The maximum absolute atomic E-state index is 12.3. The number of benzene rings is 1. The van der Waals surface area contributed by atoms with E-state index in [1.54, 1.807) is 0 Å². The topological polar surface area (TPSA) is 168 Å². The van der Waals surface area contributed by atoms with Gasteiger partial charge >= 0.3 is 5.97 Å². The molecule has 12 heteroatoms. The SMILES string of the molecule is COC(=O)[C@@H](Cc1ccccc1)NN1C=Nc2c(ncn2[C@H]2O[C@@H](CO)C(O)C2O)C1N. The fraction of sp³-hybridized carbons (Fsp3) is 0.450. The molecule has 1 saturated heterocycles. The number of carbonyl (C=O) groups excluding carboxylic acids is 1. The third kappa shape index (κ3) is 4.11. The number of carbonyl (C=O) groups is 1. The number of hydrazine groups is 1. The second-order valence-electron chi connectivity index (χ2n) is 7.58. The van der Waals surface area contributed by atoms with Crippen molar-refractivity contribution in [3.8, 4) is 0 Å². The van der Waals surface area contributed by atoms with Crippen LogP contribution in [0.3, 0.4) is 0 Å². The average Bonchev–Trinajstić information content (AvgIpc) is 3.36. The van der Waals surface area contributed by atoms with Crippen molar-refractivity contribution in [2.75, 3.05) is 13.7 Å². The number of nitrogens with two attached hydrogens (primary N) is 1. The highest BCUT2D eigenvalue weighted by atomic mass is 16.6. The Morgan fingerprint density at radius 1 is 1.31 bits per heavy atom. The van der Waals surface area contributed by atoms with Gasteiger partial charge in [-0.1, -0.05) is 30.3 Å². The molecule has 3 heterocycles. The number of rotatable bonds is 7. The highest BCUT2D eigenvalue weighted by Gasteiger charge is 2.45. The largest absolute Gasteiger partial charge is 0.468 e. The summed E-state index contributed by atoms with van der Waals surface area (Å²) >= 11 is 0. The first-order chi connectivity index (χ1) is 15.4. The van der Waals surface area contributed by atoms with Crippen molar-refractivity contribution >= 4 is 18.1 Å². The summed E-state index contributed by atoms with van der Waals surface area (Å²) in [6.07, 6.45) is -2.06. The van der Waals surface area contributed by atoms with E-state index in [4.69, 9.17) is 15.2 Å². The lowest BCUT2D eigenvalue weighted by Crippen LogP contribution is -2.53. The molecule has 32 heavy (non-hydrogen) atoms. The number of imidazole rings is 1. The Kier molecular flexibility index (Phi) is 6.50. The summed E-state index contributed by atoms with van der Waals surface area (Å²) in [6.45, 7) is -0.442. The summed E-state index contributed by atoms with van der Waals surface area (Å²) in [5.41, 5.74) is 10.7. The van der Waals surface area contributed by atoms with Gasteiger partial charge in [-0.25, -0.2) is 15.4 Å². The van der Waals surface area contributed by atoms with E-state index < -0.39 is 49.3 Å². The van der Waals surface area contributed by atoms with Gasteiger partial charge in [-0.05, 0) is 5.56 Å². The number of methoxy groups -OCH3 is 1. The van der Waals surface area contributed by atoms with Crippen LogP contribution in [0.5, 0.6) is 0 Å². The molecule has 2 aromatic rings. The number of esters is 1. The van der Waals surface area contributed by atoms with Crippen molar-refractivity contribution < 1.29 is 29.6 Å². The number of nitrogens with one attached hydrogen (secondary N) is 1. The van der Waals surface area contributed by atoms with Gasteiger partial charge in [-0.3, -0.25) is 14.4 Å². The average molecular weight is 446 g/mol. The van der Waals surface area contributed by atoms with Crippen molar-refractivity contribution in [2.45, 2.75) is 43.2 Å². The van der Waals surface area contributed by atoms with E-state index in [1.165, 1.54) is 29.4 Å². The second-order valence-corrected chi connectivity index (χ2v) is 7.58. The van der Waals surface area contributed by atoms with Crippen LogP contribution in [0.1, 0.15) is 23.7 Å².